The van der Waals surface area contributed by atoms with Gasteiger partial charge in [-0.05, 0) is 24.6 Å². The highest BCUT2D eigenvalue weighted by atomic mass is 35.5. The molecule has 2 aromatic carbocycles. The largest absolute Gasteiger partial charge is 0.346 e. The lowest BCUT2D eigenvalue weighted by atomic mass is 9.95. The highest BCUT2D eigenvalue weighted by molar-refractivity contribution is 6.33. The summed E-state index contributed by atoms with van der Waals surface area (Å²) in [5.41, 5.74) is 4.94. The van der Waals surface area contributed by atoms with E-state index in [-0.39, 0.29) is 5.91 Å². The van der Waals surface area contributed by atoms with E-state index in [4.69, 9.17) is 11.6 Å². The molecule has 2 unspecified atom stereocenters. The number of hydrogen-bond acceptors (Lipinski definition) is 3. The number of aryl methyl sites for hydroxylation is 1. The van der Waals surface area contributed by atoms with Crippen molar-refractivity contribution in [2.75, 3.05) is 0 Å². The van der Waals surface area contributed by atoms with Crippen molar-refractivity contribution < 1.29 is 9.59 Å². The summed E-state index contributed by atoms with van der Waals surface area (Å²) in [7, 11) is 0. The van der Waals surface area contributed by atoms with Gasteiger partial charge in [0.25, 0.3) is 5.91 Å². The van der Waals surface area contributed by atoms with Crippen LogP contribution in [0.3, 0.4) is 0 Å². The number of nitrogens with one attached hydrogen (secondary N) is 1. The molecule has 7 heteroatoms. The molecular formula is C18H15ClN4O2. The Bertz CT molecular complexity index is 970. The minimum atomic E-state index is -0.691. The van der Waals surface area contributed by atoms with Crippen molar-refractivity contribution in [3.05, 3.63) is 66.0 Å². The first-order valence-corrected chi connectivity index (χ1v) is 8.29. The summed E-state index contributed by atoms with van der Waals surface area (Å²) >= 11 is 6.17. The lowest BCUT2D eigenvalue weighted by Crippen LogP contribution is -2.63. The fourth-order valence-electron chi connectivity index (χ4n) is 3.10. The Hall–Kier alpha value is -2.86. The Labute approximate surface area is 149 Å². The summed E-state index contributed by atoms with van der Waals surface area (Å²) in [4.78, 5) is 29.3. The third-order valence-electron chi connectivity index (χ3n) is 4.32. The van der Waals surface area contributed by atoms with Gasteiger partial charge in [-0.3, -0.25) is 4.79 Å². The number of para-hydroxylation sites is 2. The van der Waals surface area contributed by atoms with Gasteiger partial charge in [-0.15, -0.1) is 11.6 Å². The maximum atomic E-state index is 12.7. The minimum absolute atomic E-state index is 0.328. The van der Waals surface area contributed by atoms with Crippen LogP contribution >= 0.6 is 11.6 Å². The molecule has 2 heterocycles. The molecule has 4 rings (SSSR count). The lowest BCUT2D eigenvalue weighted by Gasteiger charge is -2.43. The van der Waals surface area contributed by atoms with E-state index < -0.39 is 17.5 Å². The van der Waals surface area contributed by atoms with E-state index in [0.29, 0.717) is 11.3 Å². The number of halogens is 1. The van der Waals surface area contributed by atoms with E-state index in [1.165, 1.54) is 9.58 Å². The van der Waals surface area contributed by atoms with Gasteiger partial charge in [0.05, 0.1) is 11.0 Å². The van der Waals surface area contributed by atoms with Crippen molar-refractivity contribution >= 4 is 34.6 Å². The maximum absolute atomic E-state index is 12.7. The molecule has 0 radical (unpaired) electrons. The minimum Gasteiger partial charge on any atom is -0.271 e. The van der Waals surface area contributed by atoms with E-state index in [1.807, 2.05) is 54.6 Å². The van der Waals surface area contributed by atoms with E-state index in [0.717, 1.165) is 11.1 Å². The third-order valence-corrected chi connectivity index (χ3v) is 4.74. The van der Waals surface area contributed by atoms with Crippen molar-refractivity contribution in [1.29, 1.82) is 0 Å². The standard InChI is InChI=1S/C18H15ClN4O2/c1-11-20-13-9-5-6-10-14(13)22(11)18(25)21-23-16(15(19)17(23)24)12-7-3-2-4-8-12/h2-10,15-16H,1H3,(H,21,25). The van der Waals surface area contributed by atoms with Crippen LogP contribution in [0.4, 0.5) is 4.79 Å². The molecule has 1 aliphatic heterocycles. The zero-order valence-electron chi connectivity index (χ0n) is 13.4. The topological polar surface area (TPSA) is 67.2 Å². The van der Waals surface area contributed by atoms with Crippen LogP contribution in [0, 0.1) is 6.92 Å². The van der Waals surface area contributed by atoms with Crippen LogP contribution in [-0.4, -0.2) is 31.9 Å². The quantitative estimate of drug-likeness (QED) is 0.568. The smallest absolute Gasteiger partial charge is 0.271 e. The highest BCUT2D eigenvalue weighted by Gasteiger charge is 2.48. The summed E-state index contributed by atoms with van der Waals surface area (Å²) < 4.78 is 1.45. The average Bonchev–Trinajstić information content (AvgIpc) is 2.97. The van der Waals surface area contributed by atoms with Crippen molar-refractivity contribution in [1.82, 2.24) is 20.0 Å². The van der Waals surface area contributed by atoms with Crippen LogP contribution in [0.2, 0.25) is 0 Å². The highest BCUT2D eigenvalue weighted by Crippen LogP contribution is 2.36. The molecule has 0 aliphatic carbocycles. The summed E-state index contributed by atoms with van der Waals surface area (Å²) in [5.74, 6) is 0.219. The normalized spacial score (nSPS) is 19.8. The number of hydrogen-bond donors (Lipinski definition) is 1. The molecule has 6 nitrogen and oxygen atoms in total. The van der Waals surface area contributed by atoms with Crippen molar-refractivity contribution in [3.8, 4) is 0 Å². The van der Waals surface area contributed by atoms with Crippen LogP contribution in [0.5, 0.6) is 0 Å². The molecule has 2 amide bonds. The van der Waals surface area contributed by atoms with Crippen LogP contribution in [0.25, 0.3) is 11.0 Å². The van der Waals surface area contributed by atoms with Gasteiger partial charge in [0.2, 0.25) is 0 Å². The molecule has 1 saturated heterocycles. The van der Waals surface area contributed by atoms with Gasteiger partial charge < -0.3 is 0 Å². The Balaban J connectivity index is 1.63. The number of alkyl halides is 1. The van der Waals surface area contributed by atoms with Crippen molar-refractivity contribution in [2.24, 2.45) is 0 Å². The summed E-state index contributed by atoms with van der Waals surface area (Å²) in [6, 6.07) is 15.9. The Morgan fingerprint density at radius 2 is 1.80 bits per heavy atom. The first-order valence-electron chi connectivity index (χ1n) is 7.85. The maximum Gasteiger partial charge on any atom is 0.346 e. The van der Waals surface area contributed by atoms with Gasteiger partial charge in [0.15, 0.2) is 0 Å². The van der Waals surface area contributed by atoms with Gasteiger partial charge in [0, 0.05) is 0 Å². The zero-order chi connectivity index (χ0) is 17.6. The number of amides is 2. The molecule has 2 atom stereocenters. The number of carbonyl (C=O) groups excluding carboxylic acids is 2. The van der Waals surface area contributed by atoms with Crippen LogP contribution in [0.1, 0.15) is 17.4 Å². The second-order valence-corrected chi connectivity index (χ2v) is 6.34. The molecule has 0 spiro atoms. The molecule has 1 aliphatic rings. The molecule has 1 aromatic heterocycles. The van der Waals surface area contributed by atoms with Crippen LogP contribution in [-0.2, 0) is 4.79 Å². The van der Waals surface area contributed by atoms with Gasteiger partial charge in [-0.25, -0.2) is 24.8 Å². The first kappa shape index (κ1) is 15.7. The molecule has 0 saturated carbocycles. The molecule has 1 N–H and O–H groups in total. The van der Waals surface area contributed by atoms with Gasteiger partial charge in [-0.2, -0.15) is 0 Å². The Morgan fingerprint density at radius 3 is 2.56 bits per heavy atom. The number of aromatic nitrogens is 2. The summed E-state index contributed by atoms with van der Waals surface area (Å²) in [5, 5.41) is 0.590. The van der Waals surface area contributed by atoms with E-state index in [9.17, 15) is 9.59 Å². The van der Waals surface area contributed by atoms with E-state index in [2.05, 4.69) is 10.4 Å². The zero-order valence-corrected chi connectivity index (χ0v) is 14.1. The molecule has 25 heavy (non-hydrogen) atoms. The Morgan fingerprint density at radius 1 is 1.12 bits per heavy atom. The summed E-state index contributed by atoms with van der Waals surface area (Å²) in [6.07, 6.45) is 0. The molecule has 126 valence electrons. The fourth-order valence-corrected chi connectivity index (χ4v) is 3.47. The van der Waals surface area contributed by atoms with Crippen molar-refractivity contribution in [3.63, 3.8) is 0 Å². The lowest BCUT2D eigenvalue weighted by molar-refractivity contribution is -0.149. The molecule has 0 bridgehead atoms. The SMILES string of the molecule is Cc1nc2ccccc2n1C(=O)NN1C(=O)C(Cl)C1c1ccccc1. The van der Waals surface area contributed by atoms with Crippen LogP contribution in [0.15, 0.2) is 54.6 Å². The van der Waals surface area contributed by atoms with E-state index >= 15 is 0 Å². The van der Waals surface area contributed by atoms with Gasteiger partial charge >= 0.3 is 6.03 Å². The molecule has 1 fully saturated rings. The number of β-lactam (4-membered cyclic amide) rings is 1. The molecular weight excluding hydrogens is 340 g/mol. The van der Waals surface area contributed by atoms with Crippen molar-refractivity contribution in [2.45, 2.75) is 18.3 Å². The Kier molecular flexibility index (Phi) is 3.69. The number of fused-ring (bicyclic) bond motifs is 1. The predicted molar refractivity (Wildman–Crippen MR) is 94.1 cm³/mol. The number of hydrazine groups is 1. The number of carbonyl (C=O) groups is 2. The second kappa shape index (κ2) is 5.89. The fraction of sp³-hybridized carbons (Fsp3) is 0.167. The van der Waals surface area contributed by atoms with Crippen LogP contribution < -0.4 is 5.43 Å². The van der Waals surface area contributed by atoms with Gasteiger partial charge in [-0.1, -0.05) is 42.5 Å². The second-order valence-electron chi connectivity index (χ2n) is 5.87. The monoisotopic (exact) mass is 354 g/mol. The average molecular weight is 355 g/mol. The van der Waals surface area contributed by atoms with Gasteiger partial charge in [0.1, 0.15) is 17.2 Å². The molecule has 3 aromatic rings. The first-order chi connectivity index (χ1) is 12.1. The number of imidazole rings is 1. The summed E-state index contributed by atoms with van der Waals surface area (Å²) in [6.45, 7) is 1.75. The number of rotatable bonds is 2. The number of nitrogens with zero attached hydrogens (tertiary/aromatic N) is 3. The predicted octanol–water partition coefficient (Wildman–Crippen LogP) is 3.01. The van der Waals surface area contributed by atoms with E-state index in [1.54, 1.807) is 6.92 Å². The third kappa shape index (κ3) is 2.46. The number of benzene rings is 2.